The molecule has 1 unspecified atom stereocenters. The number of hydrogen-bond acceptors (Lipinski definition) is 4. The largest absolute Gasteiger partial charge is 0.371 e. The number of epoxide rings is 1. The number of fused-ring (bicyclic) bond motifs is 1. The van der Waals surface area contributed by atoms with E-state index in [1.54, 1.807) is 30.3 Å². The Morgan fingerprint density at radius 3 is 2.81 bits per heavy atom. The van der Waals surface area contributed by atoms with E-state index in [0.717, 1.165) is 10.9 Å². The van der Waals surface area contributed by atoms with E-state index in [0.29, 0.717) is 30.2 Å². The first-order chi connectivity index (χ1) is 12.7. The molecule has 2 aromatic carbocycles. The number of rotatable bonds is 7. The van der Waals surface area contributed by atoms with Crippen LogP contribution in [0.25, 0.3) is 10.9 Å². The highest BCUT2D eigenvalue weighted by atomic mass is 16.6. The molecule has 6 heteroatoms. The molecule has 2 N–H and O–H groups in total. The SMILES string of the molecule is O=C(COCC1CO1)c1cccc(NC(=O)c2cc3ccccc3[nH]2)c1. The minimum atomic E-state index is -0.257. The lowest BCUT2D eigenvalue weighted by atomic mass is 10.1. The molecular weight excluding hydrogens is 332 g/mol. The normalized spacial score (nSPS) is 15.8. The van der Waals surface area contributed by atoms with Gasteiger partial charge in [0.15, 0.2) is 5.78 Å². The molecule has 0 spiro atoms. The summed E-state index contributed by atoms with van der Waals surface area (Å²) >= 11 is 0. The molecule has 1 fully saturated rings. The zero-order chi connectivity index (χ0) is 17.9. The second-order valence-corrected chi connectivity index (χ2v) is 6.20. The van der Waals surface area contributed by atoms with Gasteiger partial charge >= 0.3 is 0 Å². The van der Waals surface area contributed by atoms with Gasteiger partial charge < -0.3 is 19.8 Å². The molecule has 0 saturated carbocycles. The highest BCUT2D eigenvalue weighted by Crippen LogP contribution is 2.17. The molecule has 0 aliphatic carbocycles. The van der Waals surface area contributed by atoms with Crippen LogP contribution < -0.4 is 5.32 Å². The smallest absolute Gasteiger partial charge is 0.272 e. The van der Waals surface area contributed by atoms with Crippen molar-refractivity contribution in [2.75, 3.05) is 25.1 Å². The van der Waals surface area contributed by atoms with Crippen LogP contribution in [-0.2, 0) is 9.47 Å². The molecule has 6 nitrogen and oxygen atoms in total. The van der Waals surface area contributed by atoms with Crippen molar-refractivity contribution in [1.29, 1.82) is 0 Å². The maximum Gasteiger partial charge on any atom is 0.272 e. The number of H-pyrrole nitrogens is 1. The Bertz CT molecular complexity index is 926. The molecule has 2 heterocycles. The van der Waals surface area contributed by atoms with Crippen molar-refractivity contribution in [2.24, 2.45) is 0 Å². The van der Waals surface area contributed by atoms with Crippen molar-refractivity contribution >= 4 is 28.3 Å². The first-order valence-corrected chi connectivity index (χ1v) is 8.41. The van der Waals surface area contributed by atoms with E-state index in [1.807, 2.05) is 24.3 Å². The monoisotopic (exact) mass is 350 g/mol. The Labute approximate surface area is 150 Å². The molecule has 132 valence electrons. The van der Waals surface area contributed by atoms with Gasteiger partial charge in [0.05, 0.1) is 13.2 Å². The molecule has 1 atom stereocenters. The number of para-hydroxylation sites is 1. The minimum absolute atomic E-state index is 0.000717. The van der Waals surface area contributed by atoms with E-state index in [9.17, 15) is 9.59 Å². The van der Waals surface area contributed by atoms with E-state index >= 15 is 0 Å². The summed E-state index contributed by atoms with van der Waals surface area (Å²) in [5, 5.41) is 3.79. The fraction of sp³-hybridized carbons (Fsp3) is 0.200. The van der Waals surface area contributed by atoms with Crippen molar-refractivity contribution in [1.82, 2.24) is 4.98 Å². The molecule has 26 heavy (non-hydrogen) atoms. The number of carbonyl (C=O) groups is 2. The average Bonchev–Trinajstić information content (AvgIpc) is 3.37. The van der Waals surface area contributed by atoms with E-state index in [2.05, 4.69) is 10.3 Å². The summed E-state index contributed by atoms with van der Waals surface area (Å²) in [7, 11) is 0. The molecule has 1 aromatic heterocycles. The van der Waals surface area contributed by atoms with Gasteiger partial charge in [-0.25, -0.2) is 0 Å². The predicted molar refractivity (Wildman–Crippen MR) is 97.6 cm³/mol. The molecule has 4 rings (SSSR count). The van der Waals surface area contributed by atoms with Crippen molar-refractivity contribution in [3.63, 3.8) is 0 Å². The number of hydrogen-bond donors (Lipinski definition) is 2. The molecule has 1 aliphatic heterocycles. The Hall–Kier alpha value is -2.96. The van der Waals surface area contributed by atoms with Crippen molar-refractivity contribution < 1.29 is 19.1 Å². The summed E-state index contributed by atoms with van der Waals surface area (Å²) < 4.78 is 10.4. The van der Waals surface area contributed by atoms with Crippen LogP contribution >= 0.6 is 0 Å². The number of ketones is 1. The van der Waals surface area contributed by atoms with Gasteiger partial charge in [-0.2, -0.15) is 0 Å². The number of ether oxygens (including phenoxy) is 2. The van der Waals surface area contributed by atoms with Crippen molar-refractivity contribution in [3.8, 4) is 0 Å². The van der Waals surface area contributed by atoms with Gasteiger partial charge in [0.2, 0.25) is 0 Å². The zero-order valence-electron chi connectivity index (χ0n) is 14.0. The zero-order valence-corrected chi connectivity index (χ0v) is 14.0. The van der Waals surface area contributed by atoms with E-state index in [4.69, 9.17) is 9.47 Å². The lowest BCUT2D eigenvalue weighted by molar-refractivity contribution is 0.0727. The van der Waals surface area contributed by atoms with Crippen LogP contribution in [0.2, 0.25) is 0 Å². The number of Topliss-reactive ketones (excluding diaryl/α,β-unsaturated/α-hetero) is 1. The maximum absolute atomic E-state index is 12.5. The third-order valence-corrected chi connectivity index (χ3v) is 4.16. The molecule has 1 amide bonds. The molecule has 0 bridgehead atoms. The first kappa shape index (κ1) is 16.5. The third-order valence-electron chi connectivity index (χ3n) is 4.16. The van der Waals surface area contributed by atoms with Gasteiger partial charge in [0.1, 0.15) is 18.4 Å². The number of anilines is 1. The highest BCUT2D eigenvalue weighted by Gasteiger charge is 2.22. The van der Waals surface area contributed by atoms with Gasteiger partial charge in [-0.05, 0) is 24.3 Å². The maximum atomic E-state index is 12.5. The standard InChI is InChI=1S/C20H18N2O4/c23-19(12-25-10-16-11-26-16)14-5-3-6-15(8-14)21-20(24)18-9-13-4-1-2-7-17(13)22-18/h1-9,16,22H,10-12H2,(H,21,24). The van der Waals surface area contributed by atoms with Gasteiger partial charge in [0, 0.05) is 22.2 Å². The van der Waals surface area contributed by atoms with Crippen LogP contribution in [0.5, 0.6) is 0 Å². The highest BCUT2D eigenvalue weighted by molar-refractivity contribution is 6.06. The second kappa shape index (κ2) is 7.11. The molecule has 0 radical (unpaired) electrons. The van der Waals surface area contributed by atoms with E-state index < -0.39 is 0 Å². The first-order valence-electron chi connectivity index (χ1n) is 8.41. The Balaban J connectivity index is 1.42. The fourth-order valence-corrected chi connectivity index (χ4v) is 2.70. The Morgan fingerprint density at radius 1 is 1.15 bits per heavy atom. The lowest BCUT2D eigenvalue weighted by Gasteiger charge is -2.07. The van der Waals surface area contributed by atoms with Crippen molar-refractivity contribution in [3.05, 3.63) is 65.9 Å². The number of nitrogens with one attached hydrogen (secondary N) is 2. The van der Waals surface area contributed by atoms with Crippen LogP contribution in [0.15, 0.2) is 54.6 Å². The van der Waals surface area contributed by atoms with Gasteiger partial charge in [0.25, 0.3) is 5.91 Å². The van der Waals surface area contributed by atoms with Gasteiger partial charge in [-0.1, -0.05) is 30.3 Å². The number of benzene rings is 2. The molecule has 3 aromatic rings. The third kappa shape index (κ3) is 3.82. The average molecular weight is 350 g/mol. The van der Waals surface area contributed by atoms with E-state index in [1.165, 1.54) is 0 Å². The number of carbonyl (C=O) groups excluding carboxylic acids is 2. The lowest BCUT2D eigenvalue weighted by Crippen LogP contribution is -2.14. The summed E-state index contributed by atoms with van der Waals surface area (Å²) in [4.78, 5) is 27.7. The van der Waals surface area contributed by atoms with Crippen LogP contribution in [0, 0.1) is 0 Å². The van der Waals surface area contributed by atoms with E-state index in [-0.39, 0.29) is 24.4 Å². The molecule has 1 aliphatic rings. The number of aromatic nitrogens is 1. The van der Waals surface area contributed by atoms with Crippen LogP contribution in [0.3, 0.4) is 0 Å². The van der Waals surface area contributed by atoms with Crippen LogP contribution in [0.1, 0.15) is 20.8 Å². The number of amides is 1. The summed E-state index contributed by atoms with van der Waals surface area (Å²) in [6.07, 6.45) is 0.129. The fourth-order valence-electron chi connectivity index (χ4n) is 2.70. The molecular formula is C20H18N2O4. The van der Waals surface area contributed by atoms with Gasteiger partial charge in [-0.15, -0.1) is 0 Å². The predicted octanol–water partition coefficient (Wildman–Crippen LogP) is 3.02. The summed E-state index contributed by atoms with van der Waals surface area (Å²) in [5.74, 6) is -0.389. The quantitative estimate of drug-likeness (QED) is 0.507. The van der Waals surface area contributed by atoms with Crippen LogP contribution in [0.4, 0.5) is 5.69 Å². The summed E-state index contributed by atoms with van der Waals surface area (Å²) in [6.45, 7) is 1.13. The Kier molecular flexibility index (Phi) is 4.51. The summed E-state index contributed by atoms with van der Waals surface area (Å²) in [5.41, 5.74) is 2.43. The van der Waals surface area contributed by atoms with Crippen molar-refractivity contribution in [2.45, 2.75) is 6.10 Å². The second-order valence-electron chi connectivity index (χ2n) is 6.20. The summed E-state index contributed by atoms with van der Waals surface area (Å²) in [6, 6.07) is 16.3. The Morgan fingerprint density at radius 2 is 2.00 bits per heavy atom. The van der Waals surface area contributed by atoms with Gasteiger partial charge in [-0.3, -0.25) is 9.59 Å². The molecule has 1 saturated heterocycles. The number of aromatic amines is 1. The minimum Gasteiger partial charge on any atom is -0.371 e. The topological polar surface area (TPSA) is 83.7 Å². The van der Waals surface area contributed by atoms with Crippen LogP contribution in [-0.4, -0.2) is 42.6 Å².